The third kappa shape index (κ3) is 4.50. The zero-order valence-corrected chi connectivity index (χ0v) is 16.7. The highest BCUT2D eigenvalue weighted by molar-refractivity contribution is 5.58. The van der Waals surface area contributed by atoms with E-state index in [1.165, 1.54) is 49.2 Å². The average molecular weight is 365 g/mol. The van der Waals surface area contributed by atoms with E-state index in [-0.39, 0.29) is 0 Å². The average Bonchev–Trinajstić information content (AvgIpc) is 2.70. The van der Waals surface area contributed by atoms with Crippen LogP contribution in [0.4, 0.5) is 5.69 Å². The van der Waals surface area contributed by atoms with Crippen LogP contribution in [0.1, 0.15) is 41.6 Å². The number of benzene rings is 1. The predicted octanol–water partition coefficient (Wildman–Crippen LogP) is 3.53. The van der Waals surface area contributed by atoms with Crippen LogP contribution in [0.15, 0.2) is 36.5 Å². The molecule has 2 aromatic rings. The zero-order valence-electron chi connectivity index (χ0n) is 16.7. The Kier molecular flexibility index (Phi) is 5.74. The van der Waals surface area contributed by atoms with Crippen molar-refractivity contribution in [2.75, 3.05) is 31.6 Å². The number of aromatic nitrogens is 1. The minimum Gasteiger partial charge on any atom is -0.371 e. The zero-order chi connectivity index (χ0) is 18.6. The molecule has 1 aromatic carbocycles. The number of piperidine rings is 1. The van der Waals surface area contributed by atoms with Gasteiger partial charge in [0.2, 0.25) is 0 Å². The second-order valence-corrected chi connectivity index (χ2v) is 8.27. The van der Waals surface area contributed by atoms with E-state index in [2.05, 4.69) is 64.4 Å². The van der Waals surface area contributed by atoms with Crippen LogP contribution in [0.25, 0.3) is 0 Å². The van der Waals surface area contributed by atoms with E-state index < -0.39 is 0 Å². The fourth-order valence-corrected chi connectivity index (χ4v) is 4.46. The largest absolute Gasteiger partial charge is 0.371 e. The number of likely N-dealkylation sites (N-methyl/N-ethyl adjacent to an activating group) is 1. The van der Waals surface area contributed by atoms with Crippen LogP contribution in [0, 0.1) is 6.92 Å². The van der Waals surface area contributed by atoms with Gasteiger partial charge < -0.3 is 10.2 Å². The third-order valence-corrected chi connectivity index (χ3v) is 5.91. The highest BCUT2D eigenvalue weighted by Crippen LogP contribution is 2.30. The molecule has 0 radical (unpaired) electrons. The van der Waals surface area contributed by atoms with Gasteiger partial charge in [-0.15, -0.1) is 0 Å². The van der Waals surface area contributed by atoms with Crippen LogP contribution in [0.5, 0.6) is 0 Å². The lowest BCUT2D eigenvalue weighted by Crippen LogP contribution is -2.44. The standard InChI is InChI=1S/C23H32N4/c1-18-9-10-20(24-14-18)16-26(2)17-21-13-22-19(15-25-21)7-6-8-23(22)27-11-4-3-5-12-27/h6-10,14,21,25H,3-5,11-13,15-17H2,1-2H3/t21-/m1/s1. The maximum Gasteiger partial charge on any atom is 0.0544 e. The number of hydrogen-bond donors (Lipinski definition) is 1. The molecule has 4 rings (SSSR count). The predicted molar refractivity (Wildman–Crippen MR) is 112 cm³/mol. The number of aryl methyl sites for hydroxylation is 1. The molecule has 1 fully saturated rings. The first kappa shape index (κ1) is 18.5. The van der Waals surface area contributed by atoms with Gasteiger partial charge in [0.25, 0.3) is 0 Å². The summed E-state index contributed by atoms with van der Waals surface area (Å²) in [7, 11) is 2.20. The van der Waals surface area contributed by atoms with Crippen LogP contribution < -0.4 is 10.2 Å². The van der Waals surface area contributed by atoms with Crippen molar-refractivity contribution in [2.24, 2.45) is 0 Å². The Balaban J connectivity index is 1.42. The summed E-state index contributed by atoms with van der Waals surface area (Å²) in [5.74, 6) is 0. The van der Waals surface area contributed by atoms with Gasteiger partial charge in [-0.1, -0.05) is 18.2 Å². The molecule has 4 heteroatoms. The van der Waals surface area contributed by atoms with Crippen molar-refractivity contribution in [1.29, 1.82) is 0 Å². The fraction of sp³-hybridized carbons (Fsp3) is 0.522. The minimum absolute atomic E-state index is 0.499. The van der Waals surface area contributed by atoms with Crippen LogP contribution in [-0.2, 0) is 19.5 Å². The smallest absolute Gasteiger partial charge is 0.0544 e. The summed E-state index contributed by atoms with van der Waals surface area (Å²) in [6.07, 6.45) is 7.12. The maximum atomic E-state index is 4.55. The van der Waals surface area contributed by atoms with Crippen LogP contribution in [-0.4, -0.2) is 42.6 Å². The molecule has 0 bridgehead atoms. The monoisotopic (exact) mass is 364 g/mol. The van der Waals surface area contributed by atoms with Crippen LogP contribution >= 0.6 is 0 Å². The Hall–Kier alpha value is -1.91. The van der Waals surface area contributed by atoms with Gasteiger partial charge in [0, 0.05) is 50.6 Å². The Labute approximate surface area is 163 Å². The normalized spacial score (nSPS) is 20.0. The molecule has 27 heavy (non-hydrogen) atoms. The van der Waals surface area contributed by atoms with Gasteiger partial charge in [0.05, 0.1) is 5.69 Å². The molecule has 144 valence electrons. The minimum atomic E-state index is 0.499. The molecule has 4 nitrogen and oxygen atoms in total. The van der Waals surface area contributed by atoms with Crippen molar-refractivity contribution in [3.05, 3.63) is 58.9 Å². The van der Waals surface area contributed by atoms with Gasteiger partial charge in [-0.2, -0.15) is 0 Å². The Morgan fingerprint density at radius 3 is 2.78 bits per heavy atom. The molecule has 1 N–H and O–H groups in total. The first-order valence-electron chi connectivity index (χ1n) is 10.4. The number of fused-ring (bicyclic) bond motifs is 1. The summed E-state index contributed by atoms with van der Waals surface area (Å²) in [6, 6.07) is 11.7. The van der Waals surface area contributed by atoms with E-state index in [1.807, 2.05) is 6.20 Å². The molecular weight excluding hydrogens is 332 g/mol. The van der Waals surface area contributed by atoms with E-state index in [0.717, 1.165) is 31.7 Å². The molecule has 2 aliphatic rings. The summed E-state index contributed by atoms with van der Waals surface area (Å²) in [5.41, 5.74) is 6.91. The van der Waals surface area contributed by atoms with Gasteiger partial charge in [-0.25, -0.2) is 0 Å². The van der Waals surface area contributed by atoms with Gasteiger partial charge in [0.15, 0.2) is 0 Å². The highest BCUT2D eigenvalue weighted by atomic mass is 15.1. The van der Waals surface area contributed by atoms with Gasteiger partial charge in [-0.3, -0.25) is 9.88 Å². The van der Waals surface area contributed by atoms with E-state index in [4.69, 9.17) is 0 Å². The summed E-state index contributed by atoms with van der Waals surface area (Å²) in [6.45, 7) is 7.45. The van der Waals surface area contributed by atoms with Gasteiger partial charge in [-0.05, 0) is 68.5 Å². The Morgan fingerprint density at radius 2 is 2.00 bits per heavy atom. The molecule has 0 aliphatic carbocycles. The van der Waals surface area contributed by atoms with E-state index >= 15 is 0 Å². The SMILES string of the molecule is Cc1ccc(CN(C)C[C@H]2Cc3c(cccc3N3CCCCC3)CN2)nc1. The van der Waals surface area contributed by atoms with E-state index in [0.29, 0.717) is 6.04 Å². The maximum absolute atomic E-state index is 4.55. The first-order chi connectivity index (χ1) is 13.2. The molecule has 0 spiro atoms. The molecule has 0 saturated carbocycles. The molecule has 0 unspecified atom stereocenters. The number of nitrogens with one attached hydrogen (secondary N) is 1. The molecule has 0 amide bonds. The molecule has 3 heterocycles. The van der Waals surface area contributed by atoms with Crippen molar-refractivity contribution >= 4 is 5.69 Å². The lowest BCUT2D eigenvalue weighted by molar-refractivity contribution is 0.271. The summed E-state index contributed by atoms with van der Waals surface area (Å²) in [4.78, 5) is 9.56. The summed E-state index contributed by atoms with van der Waals surface area (Å²) < 4.78 is 0. The van der Waals surface area contributed by atoms with Crippen molar-refractivity contribution < 1.29 is 0 Å². The first-order valence-corrected chi connectivity index (χ1v) is 10.4. The number of rotatable bonds is 5. The fourth-order valence-electron chi connectivity index (χ4n) is 4.46. The van der Waals surface area contributed by atoms with Crippen molar-refractivity contribution in [3.8, 4) is 0 Å². The highest BCUT2D eigenvalue weighted by Gasteiger charge is 2.24. The van der Waals surface area contributed by atoms with E-state index in [9.17, 15) is 0 Å². The molecule has 1 atom stereocenters. The van der Waals surface area contributed by atoms with E-state index in [1.54, 1.807) is 5.56 Å². The van der Waals surface area contributed by atoms with Crippen LogP contribution in [0.2, 0.25) is 0 Å². The Morgan fingerprint density at radius 1 is 1.15 bits per heavy atom. The number of hydrogen-bond acceptors (Lipinski definition) is 4. The number of anilines is 1. The van der Waals surface area contributed by atoms with Crippen molar-refractivity contribution in [1.82, 2.24) is 15.2 Å². The van der Waals surface area contributed by atoms with Crippen LogP contribution in [0.3, 0.4) is 0 Å². The third-order valence-electron chi connectivity index (χ3n) is 5.91. The van der Waals surface area contributed by atoms with Crippen molar-refractivity contribution in [3.63, 3.8) is 0 Å². The van der Waals surface area contributed by atoms with Gasteiger partial charge in [0.1, 0.15) is 0 Å². The Bertz CT molecular complexity index is 749. The van der Waals surface area contributed by atoms with Gasteiger partial charge >= 0.3 is 0 Å². The van der Waals surface area contributed by atoms with Crippen molar-refractivity contribution in [2.45, 2.75) is 51.7 Å². The molecule has 1 saturated heterocycles. The second kappa shape index (κ2) is 8.41. The molecular formula is C23H32N4. The quantitative estimate of drug-likeness (QED) is 0.879. The lowest BCUT2D eigenvalue weighted by atomic mass is 9.92. The second-order valence-electron chi connectivity index (χ2n) is 8.27. The lowest BCUT2D eigenvalue weighted by Gasteiger charge is -2.35. The topological polar surface area (TPSA) is 31.4 Å². The summed E-state index contributed by atoms with van der Waals surface area (Å²) >= 11 is 0. The summed E-state index contributed by atoms with van der Waals surface area (Å²) in [5, 5.41) is 3.75. The molecule has 1 aromatic heterocycles. The molecule has 2 aliphatic heterocycles. The number of nitrogens with zero attached hydrogens (tertiary/aromatic N) is 3. The number of pyridine rings is 1.